The molecule has 0 saturated carbocycles. The number of aromatic amines is 1. The molecule has 5 rings (SSSR count). The van der Waals surface area contributed by atoms with E-state index >= 15 is 0 Å². The predicted octanol–water partition coefficient (Wildman–Crippen LogP) is 4.98. The Hall–Kier alpha value is -3.03. The summed E-state index contributed by atoms with van der Waals surface area (Å²) in [6.45, 7) is 0.355. The van der Waals surface area contributed by atoms with Gasteiger partial charge in [-0.2, -0.15) is 0 Å². The van der Waals surface area contributed by atoms with Crippen molar-refractivity contribution in [1.82, 2.24) is 19.9 Å². The average molecular weight is 534 g/mol. The lowest BCUT2D eigenvalue weighted by Gasteiger charge is -2.44. The molecule has 1 aliphatic rings. The first-order valence-corrected chi connectivity index (χ1v) is 12.0. The fourth-order valence-electron chi connectivity index (χ4n) is 5.55. The topological polar surface area (TPSA) is 94.7 Å². The van der Waals surface area contributed by atoms with Crippen molar-refractivity contribution < 1.29 is 0 Å². The summed E-state index contributed by atoms with van der Waals surface area (Å²) in [6, 6.07) is 20.9. The molecule has 0 bridgehead atoms. The molecule has 2 atom stereocenters. The van der Waals surface area contributed by atoms with Gasteiger partial charge in [0.1, 0.15) is 11.7 Å². The quantitative estimate of drug-likeness (QED) is 0.241. The lowest BCUT2D eigenvalue weighted by atomic mass is 9.63. The van der Waals surface area contributed by atoms with E-state index < -0.39 is 5.41 Å². The van der Waals surface area contributed by atoms with E-state index in [1.165, 1.54) is 11.1 Å². The maximum absolute atomic E-state index is 9.16. The number of benzene rings is 2. The van der Waals surface area contributed by atoms with Crippen LogP contribution in [0.2, 0.25) is 0 Å². The molecule has 7 heteroatoms. The monoisotopic (exact) mass is 532 g/mol. The number of aryl methyl sites for hydroxylation is 1. The smallest absolute Gasteiger partial charge is 0.111 e. The van der Waals surface area contributed by atoms with Gasteiger partial charge in [-0.15, -0.1) is 17.0 Å². The van der Waals surface area contributed by atoms with Crippen molar-refractivity contribution in [3.8, 4) is 0 Å². The fraction of sp³-hybridized carbons (Fsp3) is 0.321. The van der Waals surface area contributed by atoms with Crippen molar-refractivity contribution in [1.29, 1.82) is 5.41 Å². The molecule has 1 aliphatic carbocycles. The third-order valence-corrected chi connectivity index (χ3v) is 7.26. The number of nitrogens with one attached hydrogen (secondary N) is 2. The van der Waals surface area contributed by atoms with Gasteiger partial charge in [-0.25, -0.2) is 4.98 Å². The summed E-state index contributed by atoms with van der Waals surface area (Å²) in [6.07, 6.45) is 5.68. The zero-order valence-electron chi connectivity index (χ0n) is 20.3. The lowest BCUT2D eigenvalue weighted by Crippen LogP contribution is -2.53. The van der Waals surface area contributed by atoms with E-state index in [1.54, 1.807) is 0 Å². The number of hydrogen-bond donors (Lipinski definition) is 3. The molecule has 0 saturated heterocycles. The van der Waals surface area contributed by atoms with Gasteiger partial charge >= 0.3 is 0 Å². The zero-order valence-corrected chi connectivity index (χ0v) is 22.0. The molecule has 182 valence electrons. The van der Waals surface area contributed by atoms with Crippen LogP contribution in [0, 0.1) is 5.41 Å². The van der Waals surface area contributed by atoms with Crippen LogP contribution in [-0.2, 0) is 18.3 Å². The Morgan fingerprint density at radius 1 is 1.11 bits per heavy atom. The third-order valence-electron chi connectivity index (χ3n) is 7.26. The van der Waals surface area contributed by atoms with Crippen molar-refractivity contribution in [2.75, 3.05) is 20.6 Å². The Bertz CT molecular complexity index is 1280. The summed E-state index contributed by atoms with van der Waals surface area (Å²) in [5.41, 5.74) is 12.6. The number of nitrogens with two attached hydrogens (primary N) is 1. The molecule has 0 fully saturated rings. The van der Waals surface area contributed by atoms with E-state index in [4.69, 9.17) is 21.1 Å². The second kappa shape index (κ2) is 10.3. The van der Waals surface area contributed by atoms with E-state index in [9.17, 15) is 0 Å². The highest BCUT2D eigenvalue weighted by molar-refractivity contribution is 8.93. The number of fused-ring (bicyclic) bond motifs is 2. The van der Waals surface area contributed by atoms with Crippen molar-refractivity contribution in [3.05, 3.63) is 95.1 Å². The Balaban J connectivity index is 0.00000289. The first-order chi connectivity index (χ1) is 16.5. The molecule has 35 heavy (non-hydrogen) atoms. The molecule has 2 heterocycles. The van der Waals surface area contributed by atoms with Gasteiger partial charge in [-0.3, -0.25) is 10.4 Å². The van der Waals surface area contributed by atoms with E-state index in [2.05, 4.69) is 35.3 Å². The number of nitrogens with zero attached hydrogens (tertiary/aromatic N) is 3. The summed E-state index contributed by atoms with van der Waals surface area (Å²) in [7, 11) is 3.87. The van der Waals surface area contributed by atoms with Gasteiger partial charge in [0.25, 0.3) is 0 Å². The number of aromatic nitrogens is 3. The molecule has 0 radical (unpaired) electrons. The standard InChI is InChI=1S/C28H32N6.BrH/c1-34(2)27(30)28(18-29,22-9-5-7-20-8-6-16-31-26(20)22)21-14-12-19(13-15-21)17-25-32-23-10-3-4-11-24(23)33-25;/h3-4,6,8,10-16,22,30H,5,7,9,17-18,29H2,1-2H3,(H,32,33);1H. The highest BCUT2D eigenvalue weighted by atomic mass is 79.9. The predicted molar refractivity (Wildman–Crippen MR) is 148 cm³/mol. The molecule has 4 N–H and O–H groups in total. The van der Waals surface area contributed by atoms with E-state index in [-0.39, 0.29) is 22.9 Å². The fourth-order valence-corrected chi connectivity index (χ4v) is 5.55. The molecule has 6 nitrogen and oxygen atoms in total. The van der Waals surface area contributed by atoms with Gasteiger partial charge in [0.05, 0.1) is 16.4 Å². The zero-order chi connectivity index (χ0) is 23.7. The maximum Gasteiger partial charge on any atom is 0.111 e. The van der Waals surface area contributed by atoms with Crippen LogP contribution < -0.4 is 5.73 Å². The molecule has 4 aromatic rings. The van der Waals surface area contributed by atoms with Crippen LogP contribution in [0.15, 0.2) is 66.9 Å². The summed E-state index contributed by atoms with van der Waals surface area (Å²) < 4.78 is 0. The molecular weight excluding hydrogens is 500 g/mol. The van der Waals surface area contributed by atoms with Crippen molar-refractivity contribution in [3.63, 3.8) is 0 Å². The number of pyridine rings is 1. The van der Waals surface area contributed by atoms with Crippen molar-refractivity contribution in [2.24, 2.45) is 5.73 Å². The SMILES string of the molecule is Br.CN(C)C(=N)C(CN)(c1ccc(Cc2nc3ccccc3[nH]2)cc1)C1CCCc2cccnc21. The summed E-state index contributed by atoms with van der Waals surface area (Å²) in [5.74, 6) is 1.55. The first-order valence-electron chi connectivity index (χ1n) is 12.0. The van der Waals surface area contributed by atoms with Crippen LogP contribution in [0.5, 0.6) is 0 Å². The summed E-state index contributed by atoms with van der Waals surface area (Å²) in [4.78, 5) is 14.8. The van der Waals surface area contributed by atoms with Crippen LogP contribution in [0.3, 0.4) is 0 Å². The Kier molecular flexibility index (Phi) is 7.38. The number of halogens is 1. The number of H-pyrrole nitrogens is 1. The molecule has 2 aromatic heterocycles. The van der Waals surface area contributed by atoms with Crippen LogP contribution >= 0.6 is 17.0 Å². The van der Waals surface area contributed by atoms with E-state index in [0.29, 0.717) is 12.4 Å². The highest BCUT2D eigenvalue weighted by Gasteiger charge is 2.47. The molecular formula is C28H33BrN6. The second-order valence-electron chi connectivity index (χ2n) is 9.49. The van der Waals surface area contributed by atoms with Crippen molar-refractivity contribution >= 4 is 33.9 Å². The van der Waals surface area contributed by atoms with Crippen LogP contribution in [0.25, 0.3) is 11.0 Å². The van der Waals surface area contributed by atoms with Gasteiger partial charge in [-0.1, -0.05) is 42.5 Å². The normalized spacial score (nSPS) is 16.7. The Morgan fingerprint density at radius 2 is 1.89 bits per heavy atom. The number of amidine groups is 1. The largest absolute Gasteiger partial charge is 0.366 e. The molecule has 0 spiro atoms. The lowest BCUT2D eigenvalue weighted by molar-refractivity contribution is 0.367. The van der Waals surface area contributed by atoms with E-state index in [0.717, 1.165) is 53.8 Å². The van der Waals surface area contributed by atoms with Crippen LogP contribution in [0.1, 0.15) is 47.0 Å². The van der Waals surface area contributed by atoms with Crippen molar-refractivity contribution in [2.45, 2.75) is 37.0 Å². The average Bonchev–Trinajstić information content (AvgIpc) is 3.28. The minimum Gasteiger partial charge on any atom is -0.366 e. The number of rotatable bonds is 6. The second-order valence-corrected chi connectivity index (χ2v) is 9.49. The highest BCUT2D eigenvalue weighted by Crippen LogP contribution is 2.46. The number of imidazole rings is 1. The summed E-state index contributed by atoms with van der Waals surface area (Å²) in [5, 5.41) is 9.16. The van der Waals surface area contributed by atoms with Gasteiger partial charge in [-0.05, 0) is 54.2 Å². The van der Waals surface area contributed by atoms with Gasteiger partial charge in [0, 0.05) is 44.9 Å². The van der Waals surface area contributed by atoms with Crippen LogP contribution in [0.4, 0.5) is 0 Å². The van der Waals surface area contributed by atoms with Crippen LogP contribution in [-0.4, -0.2) is 46.3 Å². The van der Waals surface area contributed by atoms with Gasteiger partial charge in [0.2, 0.25) is 0 Å². The van der Waals surface area contributed by atoms with Gasteiger partial charge < -0.3 is 15.6 Å². The molecule has 0 aliphatic heterocycles. The Labute approximate surface area is 217 Å². The molecule has 2 aromatic carbocycles. The number of para-hydroxylation sites is 2. The van der Waals surface area contributed by atoms with Gasteiger partial charge in [0.15, 0.2) is 0 Å². The third kappa shape index (κ3) is 4.50. The summed E-state index contributed by atoms with van der Waals surface area (Å²) >= 11 is 0. The maximum atomic E-state index is 9.16. The molecule has 0 amide bonds. The first kappa shape index (κ1) is 25.1. The Morgan fingerprint density at radius 3 is 2.60 bits per heavy atom. The van der Waals surface area contributed by atoms with E-state index in [1.807, 2.05) is 55.5 Å². The molecule has 2 unspecified atom stereocenters. The number of hydrogen-bond acceptors (Lipinski definition) is 4. The minimum atomic E-state index is -0.634. The minimum absolute atomic E-state index is 0. The number of likely N-dealkylation sites (N-methyl/N-ethyl adjacent to an activating group) is 1.